The third kappa shape index (κ3) is 2.66. The third-order valence-corrected chi connectivity index (χ3v) is 1.98. The lowest BCUT2D eigenvalue weighted by molar-refractivity contribution is -0.132. The molecule has 0 saturated carbocycles. The number of methoxy groups -OCH3 is 2. The van der Waals surface area contributed by atoms with E-state index in [0.717, 1.165) is 0 Å². The van der Waals surface area contributed by atoms with Crippen molar-refractivity contribution in [1.29, 1.82) is 0 Å². The van der Waals surface area contributed by atoms with Gasteiger partial charge in [0.15, 0.2) is 11.5 Å². The van der Waals surface area contributed by atoms with Crippen LogP contribution in [-0.2, 0) is 4.79 Å². The summed E-state index contributed by atoms with van der Waals surface area (Å²) in [5.74, 6) is -0.0576. The van der Waals surface area contributed by atoms with E-state index >= 15 is 0 Å². The van der Waals surface area contributed by atoms with Gasteiger partial charge in [-0.3, -0.25) is 0 Å². The minimum absolute atomic E-state index is 0.229. The summed E-state index contributed by atoms with van der Waals surface area (Å²) in [4.78, 5) is 10.5. The zero-order valence-electron chi connectivity index (χ0n) is 9.06. The number of hydrogen-bond donors (Lipinski definition) is 2. The first kappa shape index (κ1) is 11.9. The molecule has 0 radical (unpaired) electrons. The Hall–Kier alpha value is -2.17. The Morgan fingerprint density at radius 3 is 2.44 bits per heavy atom. The number of carboxylic acid groups (broad SMARTS) is 1. The van der Waals surface area contributed by atoms with E-state index in [2.05, 4.69) is 0 Å². The van der Waals surface area contributed by atoms with Crippen molar-refractivity contribution in [3.8, 4) is 11.5 Å². The van der Waals surface area contributed by atoms with Gasteiger partial charge >= 0.3 is 5.97 Å². The lowest BCUT2D eigenvalue weighted by Gasteiger charge is -2.07. The van der Waals surface area contributed by atoms with E-state index < -0.39 is 5.97 Å². The van der Waals surface area contributed by atoms with Crippen LogP contribution in [0, 0.1) is 0 Å². The zero-order chi connectivity index (χ0) is 12.1. The summed E-state index contributed by atoms with van der Waals surface area (Å²) in [6.07, 6.45) is 1.35. The second-order valence-electron chi connectivity index (χ2n) is 3.02. The molecular weight excluding hydrogens is 210 g/mol. The summed E-state index contributed by atoms with van der Waals surface area (Å²) >= 11 is 0. The molecule has 0 amide bonds. The summed E-state index contributed by atoms with van der Waals surface area (Å²) in [6.45, 7) is 0. The smallest absolute Gasteiger partial charge is 0.351 e. The quantitative estimate of drug-likeness (QED) is 0.746. The molecule has 1 rings (SSSR count). The summed E-state index contributed by atoms with van der Waals surface area (Å²) in [5, 5.41) is 8.62. The summed E-state index contributed by atoms with van der Waals surface area (Å²) in [6, 6.07) is 5.02. The fraction of sp³-hybridized carbons (Fsp3) is 0.182. The largest absolute Gasteiger partial charge is 0.493 e. The van der Waals surface area contributed by atoms with Crippen LogP contribution < -0.4 is 15.2 Å². The number of ether oxygens (including phenoxy) is 2. The highest BCUT2D eigenvalue weighted by Crippen LogP contribution is 2.28. The first-order valence-electron chi connectivity index (χ1n) is 4.51. The van der Waals surface area contributed by atoms with Crippen molar-refractivity contribution in [2.75, 3.05) is 14.2 Å². The maximum atomic E-state index is 10.5. The molecule has 1 aromatic carbocycles. The van der Waals surface area contributed by atoms with Crippen molar-refractivity contribution in [3.05, 3.63) is 29.5 Å². The molecule has 0 aliphatic rings. The highest BCUT2D eigenvalue weighted by molar-refractivity contribution is 5.91. The van der Waals surface area contributed by atoms with E-state index in [1.807, 2.05) is 0 Å². The molecule has 0 aromatic heterocycles. The molecule has 0 spiro atoms. The lowest BCUT2D eigenvalue weighted by Crippen LogP contribution is -2.09. The number of aliphatic carboxylic acids is 1. The first-order valence-corrected chi connectivity index (χ1v) is 4.51. The van der Waals surface area contributed by atoms with Crippen LogP contribution in [0.4, 0.5) is 0 Å². The summed E-state index contributed by atoms with van der Waals surface area (Å²) in [7, 11) is 3.03. The van der Waals surface area contributed by atoms with E-state index in [0.29, 0.717) is 17.1 Å². The predicted molar refractivity (Wildman–Crippen MR) is 59.3 cm³/mol. The SMILES string of the molecule is COc1ccc(/C=C(/N)C(=O)O)cc1OC. The van der Waals surface area contributed by atoms with Crippen LogP contribution in [0.25, 0.3) is 6.08 Å². The number of benzene rings is 1. The van der Waals surface area contributed by atoms with Crippen LogP contribution in [0.1, 0.15) is 5.56 Å². The summed E-state index contributed by atoms with van der Waals surface area (Å²) < 4.78 is 10.1. The third-order valence-electron chi connectivity index (χ3n) is 1.98. The van der Waals surface area contributed by atoms with Gasteiger partial charge in [0.05, 0.1) is 14.2 Å². The number of hydrogen-bond acceptors (Lipinski definition) is 4. The maximum Gasteiger partial charge on any atom is 0.351 e. The second kappa shape index (κ2) is 5.06. The maximum absolute atomic E-state index is 10.5. The van der Waals surface area contributed by atoms with Gasteiger partial charge in [-0.05, 0) is 23.8 Å². The molecule has 0 atom stereocenters. The molecule has 3 N–H and O–H groups in total. The van der Waals surface area contributed by atoms with Gasteiger partial charge in [0.25, 0.3) is 0 Å². The first-order chi connectivity index (χ1) is 7.58. The van der Waals surface area contributed by atoms with Crippen LogP contribution in [0.2, 0.25) is 0 Å². The van der Waals surface area contributed by atoms with Crippen molar-refractivity contribution in [3.63, 3.8) is 0 Å². The van der Waals surface area contributed by atoms with E-state index in [-0.39, 0.29) is 5.70 Å². The van der Waals surface area contributed by atoms with Crippen LogP contribution >= 0.6 is 0 Å². The van der Waals surface area contributed by atoms with Gasteiger partial charge in [0, 0.05) is 0 Å². The van der Waals surface area contributed by atoms with E-state index in [4.69, 9.17) is 20.3 Å². The summed E-state index contributed by atoms with van der Waals surface area (Å²) in [5.41, 5.74) is 5.71. The van der Waals surface area contributed by atoms with Crippen molar-refractivity contribution in [2.24, 2.45) is 5.73 Å². The minimum Gasteiger partial charge on any atom is -0.493 e. The molecule has 0 bridgehead atoms. The van der Waals surface area contributed by atoms with Gasteiger partial charge in [-0.25, -0.2) is 4.79 Å². The average molecular weight is 223 g/mol. The number of nitrogens with two attached hydrogens (primary N) is 1. The van der Waals surface area contributed by atoms with Gasteiger partial charge in [0.2, 0.25) is 0 Å². The number of carbonyl (C=O) groups is 1. The standard InChI is InChI=1S/C11H13NO4/c1-15-9-4-3-7(6-10(9)16-2)5-8(12)11(13)14/h3-6H,12H2,1-2H3,(H,13,14)/b8-5+. The fourth-order valence-electron chi connectivity index (χ4n) is 1.18. The molecular formula is C11H13NO4. The van der Waals surface area contributed by atoms with E-state index in [9.17, 15) is 4.79 Å². The number of carboxylic acids is 1. The molecule has 0 unspecified atom stereocenters. The Labute approximate surface area is 93.1 Å². The zero-order valence-corrected chi connectivity index (χ0v) is 9.06. The van der Waals surface area contributed by atoms with Crippen LogP contribution in [0.5, 0.6) is 11.5 Å². The Bertz CT molecular complexity index is 426. The van der Waals surface area contributed by atoms with E-state index in [1.54, 1.807) is 18.2 Å². The molecule has 5 heteroatoms. The molecule has 0 fully saturated rings. The van der Waals surface area contributed by atoms with Crippen molar-refractivity contribution in [2.45, 2.75) is 0 Å². The van der Waals surface area contributed by atoms with Crippen molar-refractivity contribution in [1.82, 2.24) is 0 Å². The predicted octanol–water partition coefficient (Wildman–Crippen LogP) is 1.09. The minimum atomic E-state index is -1.16. The highest BCUT2D eigenvalue weighted by Gasteiger charge is 2.05. The molecule has 86 valence electrons. The van der Waals surface area contributed by atoms with Gasteiger partial charge in [-0.2, -0.15) is 0 Å². The molecule has 0 aliphatic heterocycles. The monoisotopic (exact) mass is 223 g/mol. The average Bonchev–Trinajstić information content (AvgIpc) is 2.28. The van der Waals surface area contributed by atoms with Gasteiger partial charge in [0.1, 0.15) is 5.70 Å². The fourth-order valence-corrected chi connectivity index (χ4v) is 1.18. The molecule has 0 aliphatic carbocycles. The topological polar surface area (TPSA) is 81.8 Å². The van der Waals surface area contributed by atoms with Crippen molar-refractivity contribution < 1.29 is 19.4 Å². The number of rotatable bonds is 4. The lowest BCUT2D eigenvalue weighted by atomic mass is 10.1. The van der Waals surface area contributed by atoms with Crippen molar-refractivity contribution >= 4 is 12.0 Å². The Kier molecular flexibility index (Phi) is 3.77. The van der Waals surface area contributed by atoms with Crippen LogP contribution in [0.15, 0.2) is 23.9 Å². The normalized spacial score (nSPS) is 11.0. The van der Waals surface area contributed by atoms with Gasteiger partial charge in [-0.15, -0.1) is 0 Å². The highest BCUT2D eigenvalue weighted by atomic mass is 16.5. The molecule has 1 aromatic rings. The van der Waals surface area contributed by atoms with Gasteiger partial charge < -0.3 is 20.3 Å². The molecule has 0 saturated heterocycles. The van der Waals surface area contributed by atoms with Crippen LogP contribution in [0.3, 0.4) is 0 Å². The Morgan fingerprint density at radius 2 is 1.94 bits per heavy atom. The molecule has 0 heterocycles. The molecule has 16 heavy (non-hydrogen) atoms. The van der Waals surface area contributed by atoms with Crippen LogP contribution in [-0.4, -0.2) is 25.3 Å². The second-order valence-corrected chi connectivity index (χ2v) is 3.02. The Morgan fingerprint density at radius 1 is 1.31 bits per heavy atom. The molecule has 5 nitrogen and oxygen atoms in total. The van der Waals surface area contributed by atoms with Gasteiger partial charge in [-0.1, -0.05) is 6.07 Å². The Balaban J connectivity index is 3.09. The van der Waals surface area contributed by atoms with E-state index in [1.165, 1.54) is 20.3 Å².